The molecule has 3 N–H and O–H groups in total. The lowest BCUT2D eigenvalue weighted by atomic mass is 9.99. The first kappa shape index (κ1) is 20.5. The fourth-order valence-electron chi connectivity index (χ4n) is 3.48. The number of nitrogens with one attached hydrogen (secondary N) is 1. The third-order valence-electron chi connectivity index (χ3n) is 4.98. The molecule has 7 nitrogen and oxygen atoms in total. The van der Waals surface area contributed by atoms with E-state index in [4.69, 9.17) is 20.2 Å². The number of ether oxygens (including phenoxy) is 2. The van der Waals surface area contributed by atoms with Gasteiger partial charge < -0.3 is 25.4 Å². The maximum absolute atomic E-state index is 11.4. The van der Waals surface area contributed by atoms with Gasteiger partial charge in [0.15, 0.2) is 17.5 Å². The molecule has 1 aliphatic rings. The number of nitrogens with zero attached hydrogens (tertiary/aromatic N) is 2. The van der Waals surface area contributed by atoms with E-state index >= 15 is 0 Å². The molecule has 0 unspecified atom stereocenters. The van der Waals surface area contributed by atoms with Crippen LogP contribution >= 0.6 is 0 Å². The number of hydrogen-bond donors (Lipinski definition) is 2. The van der Waals surface area contributed by atoms with Gasteiger partial charge in [-0.05, 0) is 54.3 Å². The number of hydrogen-bond acceptors (Lipinski definition) is 4. The SMILES string of the molecule is CCNC(=NCc1cccc(C(N)=O)c1)N1CCc2cc(OC)c(OC)cc2C1. The smallest absolute Gasteiger partial charge is 0.248 e. The second-order valence-electron chi connectivity index (χ2n) is 6.88. The van der Waals surface area contributed by atoms with Crippen molar-refractivity contribution >= 4 is 11.9 Å². The molecule has 0 spiro atoms. The Morgan fingerprint density at radius 1 is 1.17 bits per heavy atom. The molecule has 0 fully saturated rings. The van der Waals surface area contributed by atoms with E-state index in [0.29, 0.717) is 12.1 Å². The Hall–Kier alpha value is -3.22. The summed E-state index contributed by atoms with van der Waals surface area (Å²) >= 11 is 0. The van der Waals surface area contributed by atoms with Gasteiger partial charge in [0.25, 0.3) is 0 Å². The second-order valence-corrected chi connectivity index (χ2v) is 6.88. The van der Waals surface area contributed by atoms with E-state index in [2.05, 4.69) is 23.2 Å². The molecule has 29 heavy (non-hydrogen) atoms. The summed E-state index contributed by atoms with van der Waals surface area (Å²) in [7, 11) is 3.30. The molecule has 2 aromatic carbocycles. The minimum atomic E-state index is -0.431. The molecule has 7 heteroatoms. The molecular weight excluding hydrogens is 368 g/mol. The van der Waals surface area contributed by atoms with Crippen LogP contribution in [0.15, 0.2) is 41.4 Å². The van der Waals surface area contributed by atoms with Gasteiger partial charge in [-0.1, -0.05) is 12.1 Å². The lowest BCUT2D eigenvalue weighted by Crippen LogP contribution is -2.44. The number of fused-ring (bicyclic) bond motifs is 1. The zero-order valence-corrected chi connectivity index (χ0v) is 17.2. The number of methoxy groups -OCH3 is 2. The Morgan fingerprint density at radius 2 is 1.90 bits per heavy atom. The fourth-order valence-corrected chi connectivity index (χ4v) is 3.48. The highest BCUT2D eigenvalue weighted by atomic mass is 16.5. The van der Waals surface area contributed by atoms with Crippen LogP contribution in [0.1, 0.15) is 34.0 Å². The van der Waals surface area contributed by atoms with Gasteiger partial charge in [-0.2, -0.15) is 0 Å². The van der Waals surface area contributed by atoms with E-state index in [0.717, 1.165) is 49.1 Å². The number of aliphatic imine (C=N–C) groups is 1. The van der Waals surface area contributed by atoms with Gasteiger partial charge in [-0.25, -0.2) is 4.99 Å². The summed E-state index contributed by atoms with van der Waals surface area (Å²) < 4.78 is 10.9. The number of amides is 1. The maximum atomic E-state index is 11.4. The summed E-state index contributed by atoms with van der Waals surface area (Å²) in [6.07, 6.45) is 0.900. The zero-order chi connectivity index (χ0) is 20.8. The van der Waals surface area contributed by atoms with Crippen LogP contribution < -0.4 is 20.5 Å². The molecular formula is C22H28N4O3. The molecule has 1 amide bonds. The van der Waals surface area contributed by atoms with Gasteiger partial charge in [-0.15, -0.1) is 0 Å². The van der Waals surface area contributed by atoms with Crippen molar-refractivity contribution in [1.82, 2.24) is 10.2 Å². The summed E-state index contributed by atoms with van der Waals surface area (Å²) in [5.41, 5.74) is 9.29. The van der Waals surface area contributed by atoms with Crippen LogP contribution in [0.3, 0.4) is 0 Å². The molecule has 3 rings (SSSR count). The number of primary amides is 1. The van der Waals surface area contributed by atoms with E-state index < -0.39 is 5.91 Å². The lowest BCUT2D eigenvalue weighted by Gasteiger charge is -2.32. The van der Waals surface area contributed by atoms with Crippen molar-refractivity contribution in [2.75, 3.05) is 27.3 Å². The van der Waals surface area contributed by atoms with Crippen molar-refractivity contribution in [2.24, 2.45) is 10.7 Å². The van der Waals surface area contributed by atoms with Crippen molar-refractivity contribution < 1.29 is 14.3 Å². The minimum absolute atomic E-state index is 0.431. The van der Waals surface area contributed by atoms with Crippen LogP contribution in [0.25, 0.3) is 0 Å². The quantitative estimate of drug-likeness (QED) is 0.578. The van der Waals surface area contributed by atoms with Gasteiger partial charge >= 0.3 is 0 Å². The molecule has 0 saturated carbocycles. The zero-order valence-electron chi connectivity index (χ0n) is 17.2. The van der Waals surface area contributed by atoms with Crippen molar-refractivity contribution in [3.05, 3.63) is 58.7 Å². The summed E-state index contributed by atoms with van der Waals surface area (Å²) in [6.45, 7) is 4.89. The monoisotopic (exact) mass is 396 g/mol. The molecule has 1 heterocycles. The Labute approximate surface area is 171 Å². The van der Waals surface area contributed by atoms with Crippen molar-refractivity contribution in [2.45, 2.75) is 26.4 Å². The van der Waals surface area contributed by atoms with Gasteiger partial charge in [0.1, 0.15) is 0 Å². The number of carbonyl (C=O) groups excluding carboxylic acids is 1. The highest BCUT2D eigenvalue weighted by Crippen LogP contribution is 2.33. The topological polar surface area (TPSA) is 89.2 Å². The van der Waals surface area contributed by atoms with Gasteiger partial charge in [0.2, 0.25) is 5.91 Å². The number of guanidine groups is 1. The Balaban J connectivity index is 1.80. The second kappa shape index (κ2) is 9.32. The van der Waals surface area contributed by atoms with Crippen molar-refractivity contribution in [3.8, 4) is 11.5 Å². The van der Waals surface area contributed by atoms with Crippen LogP contribution in [0.5, 0.6) is 11.5 Å². The Kier molecular flexibility index (Phi) is 6.59. The first-order valence-electron chi connectivity index (χ1n) is 9.71. The molecule has 0 atom stereocenters. The van der Waals surface area contributed by atoms with Crippen molar-refractivity contribution in [3.63, 3.8) is 0 Å². The molecule has 1 aliphatic heterocycles. The minimum Gasteiger partial charge on any atom is -0.493 e. The lowest BCUT2D eigenvalue weighted by molar-refractivity contribution is 0.1000. The van der Waals surface area contributed by atoms with Crippen LogP contribution in [-0.2, 0) is 19.5 Å². The van der Waals surface area contributed by atoms with Gasteiger partial charge in [0.05, 0.1) is 20.8 Å². The van der Waals surface area contributed by atoms with Crippen LogP contribution in [0, 0.1) is 0 Å². The van der Waals surface area contributed by atoms with E-state index in [1.807, 2.05) is 18.2 Å². The maximum Gasteiger partial charge on any atom is 0.248 e. The van der Waals surface area contributed by atoms with Gasteiger partial charge in [-0.3, -0.25) is 4.79 Å². The summed E-state index contributed by atoms with van der Waals surface area (Å²) in [5.74, 6) is 1.91. The average Bonchev–Trinajstić information content (AvgIpc) is 2.75. The highest BCUT2D eigenvalue weighted by Gasteiger charge is 2.21. The molecule has 0 aliphatic carbocycles. The Morgan fingerprint density at radius 3 is 2.55 bits per heavy atom. The third-order valence-corrected chi connectivity index (χ3v) is 4.98. The van der Waals surface area contributed by atoms with E-state index in [-0.39, 0.29) is 0 Å². The first-order chi connectivity index (χ1) is 14.0. The van der Waals surface area contributed by atoms with Gasteiger partial charge in [0, 0.05) is 25.2 Å². The van der Waals surface area contributed by atoms with E-state index in [9.17, 15) is 4.79 Å². The third kappa shape index (κ3) is 4.80. The number of carbonyl (C=O) groups is 1. The standard InChI is InChI=1S/C22H28N4O3/c1-4-24-22(25-13-15-6-5-7-17(10-15)21(23)27)26-9-8-16-11-19(28-2)20(29-3)12-18(16)14-26/h5-7,10-12H,4,8-9,13-14H2,1-3H3,(H2,23,27)(H,24,25). The average molecular weight is 396 g/mol. The predicted molar refractivity (Wildman–Crippen MR) is 113 cm³/mol. The number of benzene rings is 2. The number of nitrogens with two attached hydrogens (primary N) is 1. The normalized spacial score (nSPS) is 13.6. The van der Waals surface area contributed by atoms with Crippen LogP contribution in [0.4, 0.5) is 0 Å². The van der Waals surface area contributed by atoms with E-state index in [1.165, 1.54) is 11.1 Å². The fraction of sp³-hybridized carbons (Fsp3) is 0.364. The highest BCUT2D eigenvalue weighted by molar-refractivity contribution is 5.92. The summed E-state index contributed by atoms with van der Waals surface area (Å²) in [4.78, 5) is 18.4. The first-order valence-corrected chi connectivity index (χ1v) is 9.71. The Bertz CT molecular complexity index is 911. The largest absolute Gasteiger partial charge is 0.493 e. The molecule has 2 aromatic rings. The molecule has 154 valence electrons. The number of rotatable bonds is 6. The molecule has 0 saturated heterocycles. The summed E-state index contributed by atoms with van der Waals surface area (Å²) in [6, 6.07) is 11.4. The predicted octanol–water partition coefficient (Wildman–Crippen LogP) is 2.33. The van der Waals surface area contributed by atoms with Crippen molar-refractivity contribution in [1.29, 1.82) is 0 Å². The van der Waals surface area contributed by atoms with Crippen LogP contribution in [-0.4, -0.2) is 44.1 Å². The molecule has 0 bridgehead atoms. The van der Waals surface area contributed by atoms with Crippen LogP contribution in [0.2, 0.25) is 0 Å². The summed E-state index contributed by atoms with van der Waals surface area (Å²) in [5, 5.41) is 3.37. The molecule has 0 aromatic heterocycles. The molecule has 0 radical (unpaired) electrons. The van der Waals surface area contributed by atoms with E-state index in [1.54, 1.807) is 26.4 Å².